The normalized spacial score (nSPS) is 10.8. The van der Waals surface area contributed by atoms with Gasteiger partial charge in [-0.15, -0.1) is 0 Å². The minimum absolute atomic E-state index is 0.0944. The van der Waals surface area contributed by atoms with E-state index >= 15 is 0 Å². The van der Waals surface area contributed by atoms with Gasteiger partial charge < -0.3 is 10.0 Å². The van der Waals surface area contributed by atoms with E-state index in [4.69, 9.17) is 5.11 Å². The smallest absolute Gasteiger partial charge is 0.323 e. The van der Waals surface area contributed by atoms with Crippen LogP contribution in [0.2, 0.25) is 0 Å². The van der Waals surface area contributed by atoms with E-state index in [1.165, 1.54) is 5.56 Å². The number of carboxylic acid groups (broad SMARTS) is 1. The average molecular weight is 349 g/mol. The Morgan fingerprint density at radius 3 is 2.62 bits per heavy atom. The lowest BCUT2D eigenvalue weighted by Gasteiger charge is -2.18. The number of benzene rings is 1. The first kappa shape index (κ1) is 17.9. The van der Waals surface area contributed by atoms with Crippen molar-refractivity contribution < 1.29 is 9.90 Å². The second-order valence-electron chi connectivity index (χ2n) is 6.47. The number of hydrogen-bond acceptors (Lipinski definition) is 4. The van der Waals surface area contributed by atoms with Crippen molar-refractivity contribution >= 4 is 22.7 Å². The standard InChI is InChI=1S/C21H23N3O2/c1-3-4-5-15-6-7-19-18(12-15)17(16-8-10-22-11-9-16)13-20(23-19)24(2)14-21(25)26/h6-13H,3-5,14H2,1-2H3,(H,25,26). The van der Waals surface area contributed by atoms with Gasteiger partial charge in [-0.05, 0) is 59.9 Å². The van der Waals surface area contributed by atoms with Crippen LogP contribution in [0.5, 0.6) is 0 Å². The molecule has 0 amide bonds. The van der Waals surface area contributed by atoms with Gasteiger partial charge in [-0.1, -0.05) is 19.4 Å². The predicted octanol–water partition coefficient (Wildman–Crippen LogP) is 4.16. The first-order chi connectivity index (χ1) is 12.6. The fourth-order valence-electron chi connectivity index (χ4n) is 3.05. The number of aliphatic carboxylic acids is 1. The summed E-state index contributed by atoms with van der Waals surface area (Å²) in [4.78, 5) is 21.5. The second-order valence-corrected chi connectivity index (χ2v) is 6.47. The van der Waals surface area contributed by atoms with Crippen molar-refractivity contribution in [2.24, 2.45) is 0 Å². The monoisotopic (exact) mass is 349 g/mol. The lowest BCUT2D eigenvalue weighted by molar-refractivity contribution is -0.135. The van der Waals surface area contributed by atoms with Crippen LogP contribution in [0.3, 0.4) is 0 Å². The number of rotatable bonds is 7. The molecule has 0 fully saturated rings. The van der Waals surface area contributed by atoms with E-state index in [9.17, 15) is 4.79 Å². The number of aromatic nitrogens is 2. The number of carbonyl (C=O) groups is 1. The van der Waals surface area contributed by atoms with E-state index in [2.05, 4.69) is 29.0 Å². The number of anilines is 1. The molecule has 0 aliphatic carbocycles. The maximum Gasteiger partial charge on any atom is 0.323 e. The Balaban J connectivity index is 2.15. The molecule has 2 aromatic heterocycles. The van der Waals surface area contributed by atoms with Gasteiger partial charge >= 0.3 is 5.97 Å². The molecule has 3 rings (SSSR count). The molecule has 5 heteroatoms. The quantitative estimate of drug-likeness (QED) is 0.694. The molecule has 5 nitrogen and oxygen atoms in total. The predicted molar refractivity (Wildman–Crippen MR) is 104 cm³/mol. The van der Waals surface area contributed by atoms with Crippen LogP contribution in [0.25, 0.3) is 22.0 Å². The maximum absolute atomic E-state index is 11.1. The van der Waals surface area contributed by atoms with Gasteiger partial charge in [0.25, 0.3) is 0 Å². The minimum atomic E-state index is -0.880. The Labute approximate surface area is 153 Å². The van der Waals surface area contributed by atoms with Gasteiger partial charge in [0.05, 0.1) is 5.52 Å². The summed E-state index contributed by atoms with van der Waals surface area (Å²) in [6.45, 7) is 2.10. The highest BCUT2D eigenvalue weighted by Gasteiger charge is 2.13. The topological polar surface area (TPSA) is 66.3 Å². The highest BCUT2D eigenvalue weighted by atomic mass is 16.4. The minimum Gasteiger partial charge on any atom is -0.480 e. The van der Waals surface area contributed by atoms with Crippen LogP contribution in [0, 0.1) is 0 Å². The van der Waals surface area contributed by atoms with Gasteiger partial charge in [-0.25, -0.2) is 4.98 Å². The molecule has 0 bridgehead atoms. The van der Waals surface area contributed by atoms with Crippen molar-refractivity contribution in [1.82, 2.24) is 9.97 Å². The Bertz CT molecular complexity index is 910. The molecule has 0 aliphatic heterocycles. The summed E-state index contributed by atoms with van der Waals surface area (Å²) in [5, 5.41) is 10.2. The Hall–Kier alpha value is -2.95. The number of carboxylic acids is 1. The van der Waals surface area contributed by atoms with Gasteiger partial charge in [-0.3, -0.25) is 9.78 Å². The highest BCUT2D eigenvalue weighted by molar-refractivity contribution is 5.96. The van der Waals surface area contributed by atoms with E-state index < -0.39 is 5.97 Å². The molecule has 0 spiro atoms. The SMILES string of the molecule is CCCCc1ccc2nc(N(C)CC(=O)O)cc(-c3ccncc3)c2c1. The molecule has 1 N–H and O–H groups in total. The summed E-state index contributed by atoms with van der Waals surface area (Å²) in [6, 6.07) is 12.2. The third kappa shape index (κ3) is 3.99. The van der Waals surface area contributed by atoms with E-state index in [0.29, 0.717) is 5.82 Å². The molecular formula is C21H23N3O2. The number of nitrogens with zero attached hydrogens (tertiary/aromatic N) is 3. The zero-order chi connectivity index (χ0) is 18.5. The first-order valence-corrected chi connectivity index (χ1v) is 8.85. The molecule has 0 atom stereocenters. The average Bonchev–Trinajstić information content (AvgIpc) is 2.65. The molecule has 3 aromatic rings. The van der Waals surface area contributed by atoms with Crippen LogP contribution < -0.4 is 4.90 Å². The molecule has 2 heterocycles. The van der Waals surface area contributed by atoms with Crippen LogP contribution in [0.1, 0.15) is 25.3 Å². The van der Waals surface area contributed by atoms with Crippen molar-refractivity contribution in [3.05, 3.63) is 54.4 Å². The number of unbranched alkanes of at least 4 members (excludes halogenated alkanes) is 1. The summed E-state index contributed by atoms with van der Waals surface area (Å²) in [5.74, 6) is -0.234. The number of likely N-dealkylation sites (N-methyl/N-ethyl adjacent to an activating group) is 1. The second kappa shape index (κ2) is 7.95. The first-order valence-electron chi connectivity index (χ1n) is 8.85. The number of pyridine rings is 2. The molecule has 0 saturated heterocycles. The lowest BCUT2D eigenvalue weighted by Crippen LogP contribution is -2.26. The van der Waals surface area contributed by atoms with Crippen LogP contribution in [-0.2, 0) is 11.2 Å². The molecule has 134 valence electrons. The maximum atomic E-state index is 11.1. The van der Waals surface area contributed by atoms with E-state index in [1.807, 2.05) is 24.3 Å². The van der Waals surface area contributed by atoms with Crippen molar-refractivity contribution in [3.8, 4) is 11.1 Å². The number of hydrogen-bond donors (Lipinski definition) is 1. The fraction of sp³-hybridized carbons (Fsp3) is 0.286. The van der Waals surface area contributed by atoms with E-state index in [-0.39, 0.29) is 6.54 Å². The summed E-state index contributed by atoms with van der Waals surface area (Å²) >= 11 is 0. The highest BCUT2D eigenvalue weighted by Crippen LogP contribution is 2.31. The zero-order valence-corrected chi connectivity index (χ0v) is 15.1. The van der Waals surface area contributed by atoms with Gasteiger partial charge in [0, 0.05) is 24.8 Å². The van der Waals surface area contributed by atoms with E-state index in [1.54, 1.807) is 24.3 Å². The Morgan fingerprint density at radius 2 is 1.92 bits per heavy atom. The van der Waals surface area contributed by atoms with Gasteiger partial charge in [0.1, 0.15) is 12.4 Å². The van der Waals surface area contributed by atoms with Crippen molar-refractivity contribution in [2.75, 3.05) is 18.5 Å². The van der Waals surface area contributed by atoms with Crippen molar-refractivity contribution in [1.29, 1.82) is 0 Å². The third-order valence-corrected chi connectivity index (χ3v) is 4.43. The zero-order valence-electron chi connectivity index (χ0n) is 15.1. The Morgan fingerprint density at radius 1 is 1.15 bits per heavy atom. The lowest BCUT2D eigenvalue weighted by atomic mass is 9.98. The molecule has 26 heavy (non-hydrogen) atoms. The number of fused-ring (bicyclic) bond motifs is 1. The molecule has 0 saturated carbocycles. The molecule has 0 aliphatic rings. The fourth-order valence-corrected chi connectivity index (χ4v) is 3.05. The summed E-state index contributed by atoms with van der Waals surface area (Å²) in [5.41, 5.74) is 4.25. The van der Waals surface area contributed by atoms with E-state index in [0.717, 1.165) is 41.3 Å². The van der Waals surface area contributed by atoms with Crippen LogP contribution in [0.15, 0.2) is 48.8 Å². The Kier molecular flexibility index (Phi) is 5.46. The number of aryl methyl sites for hydroxylation is 1. The van der Waals surface area contributed by atoms with Crippen LogP contribution in [-0.4, -0.2) is 34.6 Å². The summed E-state index contributed by atoms with van der Waals surface area (Å²) in [6.07, 6.45) is 6.89. The van der Waals surface area contributed by atoms with Crippen LogP contribution >= 0.6 is 0 Å². The third-order valence-electron chi connectivity index (χ3n) is 4.43. The molecule has 1 aromatic carbocycles. The molecular weight excluding hydrogens is 326 g/mol. The van der Waals surface area contributed by atoms with Gasteiger partial charge in [0.2, 0.25) is 0 Å². The van der Waals surface area contributed by atoms with Crippen molar-refractivity contribution in [3.63, 3.8) is 0 Å². The van der Waals surface area contributed by atoms with Gasteiger partial charge in [0.15, 0.2) is 0 Å². The van der Waals surface area contributed by atoms with Gasteiger partial charge in [-0.2, -0.15) is 0 Å². The molecule has 0 radical (unpaired) electrons. The summed E-state index contributed by atoms with van der Waals surface area (Å²) < 4.78 is 0. The van der Waals surface area contributed by atoms with Crippen molar-refractivity contribution in [2.45, 2.75) is 26.2 Å². The largest absolute Gasteiger partial charge is 0.480 e. The molecule has 0 unspecified atom stereocenters. The summed E-state index contributed by atoms with van der Waals surface area (Å²) in [7, 11) is 1.74. The van der Waals surface area contributed by atoms with Crippen LogP contribution in [0.4, 0.5) is 5.82 Å².